The van der Waals surface area contributed by atoms with Gasteiger partial charge in [-0.15, -0.1) is 0 Å². The number of amidine groups is 1. The maximum absolute atomic E-state index is 15.5. The predicted molar refractivity (Wildman–Crippen MR) is 107 cm³/mol. The Morgan fingerprint density at radius 2 is 1.72 bits per heavy atom. The average Bonchev–Trinajstić information content (AvgIpc) is 2.78. The molecule has 1 aromatic heterocycles. The number of carboxylic acid groups (broad SMARTS) is 1. The average molecular weight is 458 g/mol. The first-order valence-corrected chi connectivity index (χ1v) is 9.14. The summed E-state index contributed by atoms with van der Waals surface area (Å²) >= 11 is 0. The van der Waals surface area contributed by atoms with Crippen LogP contribution in [0, 0.1) is 11.6 Å². The summed E-state index contributed by atoms with van der Waals surface area (Å²) in [5, 5.41) is 6.89. The number of aliphatic imine (C=N–C) groups is 1. The first-order valence-electron chi connectivity index (χ1n) is 9.14. The van der Waals surface area contributed by atoms with Crippen LogP contribution in [0.3, 0.4) is 0 Å². The molecule has 0 saturated heterocycles. The van der Waals surface area contributed by atoms with Crippen molar-refractivity contribution in [3.05, 3.63) is 41.7 Å². The van der Waals surface area contributed by atoms with Gasteiger partial charge >= 0.3 is 11.9 Å². The number of methoxy groups -OCH3 is 1. The quantitative estimate of drug-likeness (QED) is 0.536. The number of ether oxygens (including phenoxy) is 2. The third kappa shape index (κ3) is 4.35. The minimum atomic E-state index is -3.69. The predicted octanol–water partition coefficient (Wildman–Crippen LogP) is 3.15. The molecule has 1 aliphatic heterocycles. The molecule has 8 nitrogen and oxygen atoms in total. The van der Waals surface area contributed by atoms with Crippen molar-refractivity contribution in [1.82, 2.24) is 9.97 Å². The van der Waals surface area contributed by atoms with Gasteiger partial charge in [-0.1, -0.05) is 0 Å². The van der Waals surface area contributed by atoms with Crippen LogP contribution in [0.25, 0.3) is 11.1 Å². The number of halogens is 4. The molecule has 0 fully saturated rings. The normalized spacial score (nSPS) is 21.4. The van der Waals surface area contributed by atoms with Crippen molar-refractivity contribution in [3.8, 4) is 17.1 Å². The molecule has 3 N–H and O–H groups in total. The van der Waals surface area contributed by atoms with Crippen LogP contribution in [0.2, 0.25) is 0 Å². The van der Waals surface area contributed by atoms with Crippen LogP contribution >= 0.6 is 0 Å². The summed E-state index contributed by atoms with van der Waals surface area (Å²) in [5.41, 5.74) is 0.698. The van der Waals surface area contributed by atoms with Gasteiger partial charge in [0.05, 0.1) is 7.11 Å². The molecule has 0 saturated carbocycles. The fourth-order valence-electron chi connectivity index (χ4n) is 3.25. The molecule has 0 amide bonds. The molecule has 32 heavy (non-hydrogen) atoms. The van der Waals surface area contributed by atoms with Gasteiger partial charge in [0.15, 0.2) is 5.54 Å². The zero-order valence-electron chi connectivity index (χ0n) is 17.7. The largest absolute Gasteiger partial charge is 0.483 e. The van der Waals surface area contributed by atoms with E-state index in [4.69, 9.17) is 25.1 Å². The van der Waals surface area contributed by atoms with Gasteiger partial charge in [0.25, 0.3) is 6.47 Å². The molecule has 12 heteroatoms. The lowest BCUT2D eigenvalue weighted by Gasteiger charge is -2.42. The molecule has 174 valence electrons. The monoisotopic (exact) mass is 458 g/mol. The standard InChI is InChI=1S/C19H20F4N4O2.CH2O2/c1-17(2)19(22,23)18(3,27-15(24)9-29-17)12-5-11(13(20)6-14(12)21)10-7-25-16(28-4)26-8-10;2-1-3/h5-8H,9H2,1-4H3,(H2,24,27);1H,(H,2,3)/t18-;/m1./s1. The zero-order valence-corrected chi connectivity index (χ0v) is 17.7. The van der Waals surface area contributed by atoms with Crippen LogP contribution in [-0.4, -0.2) is 52.6 Å². The van der Waals surface area contributed by atoms with E-state index in [1.54, 1.807) is 0 Å². The Hall–Kier alpha value is -3.28. The van der Waals surface area contributed by atoms with Crippen LogP contribution in [0.4, 0.5) is 17.6 Å². The number of alkyl halides is 2. The summed E-state index contributed by atoms with van der Waals surface area (Å²) in [6, 6.07) is 1.54. The lowest BCUT2D eigenvalue weighted by Crippen LogP contribution is -2.56. The van der Waals surface area contributed by atoms with E-state index >= 15 is 8.78 Å². The summed E-state index contributed by atoms with van der Waals surface area (Å²) in [6.45, 7) is 2.78. The second-order valence-electron chi connectivity index (χ2n) is 7.42. The van der Waals surface area contributed by atoms with E-state index in [2.05, 4.69) is 15.0 Å². The molecule has 0 bridgehead atoms. The second kappa shape index (κ2) is 9.07. The second-order valence-corrected chi connectivity index (χ2v) is 7.42. The summed E-state index contributed by atoms with van der Waals surface area (Å²) in [4.78, 5) is 20.0. The number of nitrogens with zero attached hydrogens (tertiary/aromatic N) is 3. The van der Waals surface area contributed by atoms with Gasteiger partial charge in [-0.05, 0) is 26.8 Å². The lowest BCUT2D eigenvalue weighted by atomic mass is 9.77. The van der Waals surface area contributed by atoms with Gasteiger partial charge < -0.3 is 20.3 Å². The van der Waals surface area contributed by atoms with Gasteiger partial charge in [0.2, 0.25) is 0 Å². The molecule has 2 heterocycles. The highest BCUT2D eigenvalue weighted by atomic mass is 19.3. The Morgan fingerprint density at radius 1 is 1.16 bits per heavy atom. The first kappa shape index (κ1) is 25.0. The molecular formula is C20H22F4N4O4. The van der Waals surface area contributed by atoms with Crippen molar-refractivity contribution >= 4 is 12.3 Å². The van der Waals surface area contributed by atoms with E-state index in [1.807, 2.05) is 0 Å². The topological polar surface area (TPSA) is 120 Å². The first-order chi connectivity index (χ1) is 14.8. The third-order valence-electron chi connectivity index (χ3n) is 5.02. The summed E-state index contributed by atoms with van der Waals surface area (Å²) in [6.07, 6.45) is 2.48. The minimum absolute atomic E-state index is 0.0371. The van der Waals surface area contributed by atoms with Crippen LogP contribution < -0.4 is 10.5 Å². The van der Waals surface area contributed by atoms with E-state index in [9.17, 15) is 8.78 Å². The highest BCUT2D eigenvalue weighted by molar-refractivity contribution is 5.82. The molecular weight excluding hydrogens is 436 g/mol. The molecule has 1 atom stereocenters. The van der Waals surface area contributed by atoms with Crippen LogP contribution in [0.1, 0.15) is 26.3 Å². The lowest BCUT2D eigenvalue weighted by molar-refractivity contribution is -0.214. The maximum Gasteiger partial charge on any atom is 0.316 e. The Labute approximate surface area is 181 Å². The zero-order chi connectivity index (χ0) is 24.3. The van der Waals surface area contributed by atoms with Crippen molar-refractivity contribution in [2.24, 2.45) is 10.7 Å². The van der Waals surface area contributed by atoms with E-state index in [0.717, 1.165) is 13.0 Å². The molecule has 0 spiro atoms. The van der Waals surface area contributed by atoms with E-state index in [0.29, 0.717) is 6.07 Å². The van der Waals surface area contributed by atoms with E-state index < -0.39 is 34.3 Å². The number of hydrogen-bond donors (Lipinski definition) is 2. The van der Waals surface area contributed by atoms with Crippen molar-refractivity contribution in [2.45, 2.75) is 37.8 Å². The van der Waals surface area contributed by atoms with Crippen LogP contribution in [0.5, 0.6) is 6.01 Å². The number of nitrogens with two attached hydrogens (primary N) is 1. The van der Waals surface area contributed by atoms with E-state index in [-0.39, 0.29) is 36.1 Å². The molecule has 2 aromatic rings. The van der Waals surface area contributed by atoms with Crippen molar-refractivity contribution < 1.29 is 36.9 Å². The minimum Gasteiger partial charge on any atom is -0.483 e. The van der Waals surface area contributed by atoms with E-state index in [1.165, 1.54) is 33.4 Å². The van der Waals surface area contributed by atoms with Gasteiger partial charge in [-0.25, -0.2) is 27.5 Å². The molecule has 0 unspecified atom stereocenters. The van der Waals surface area contributed by atoms with Gasteiger partial charge in [0.1, 0.15) is 29.7 Å². The Balaban J connectivity index is 0.00000114. The van der Waals surface area contributed by atoms with Crippen LogP contribution in [-0.2, 0) is 15.1 Å². The fourth-order valence-corrected chi connectivity index (χ4v) is 3.25. The Kier molecular flexibility index (Phi) is 7.08. The number of carbonyl (C=O) groups is 1. The number of hydrogen-bond acceptors (Lipinski definition) is 7. The Bertz CT molecular complexity index is 1020. The third-order valence-corrected chi connectivity index (χ3v) is 5.02. The van der Waals surface area contributed by atoms with Gasteiger partial charge in [-0.2, -0.15) is 0 Å². The number of benzene rings is 1. The van der Waals surface area contributed by atoms with Gasteiger partial charge in [0, 0.05) is 35.2 Å². The number of aromatic nitrogens is 2. The maximum atomic E-state index is 15.5. The highest BCUT2D eigenvalue weighted by Crippen LogP contribution is 2.51. The summed E-state index contributed by atoms with van der Waals surface area (Å²) in [5.74, 6) is -6.06. The van der Waals surface area contributed by atoms with Gasteiger partial charge in [-0.3, -0.25) is 9.79 Å². The summed E-state index contributed by atoms with van der Waals surface area (Å²) in [7, 11) is 1.35. The fraction of sp³-hybridized carbons (Fsp3) is 0.400. The SMILES string of the molecule is COc1ncc(-c2cc([C@@]3(C)N=C(N)COC(C)(C)C3(F)F)c(F)cc2F)cn1.O=CO. The van der Waals surface area contributed by atoms with Crippen LogP contribution in [0.15, 0.2) is 29.5 Å². The molecule has 0 aliphatic carbocycles. The molecule has 3 rings (SSSR count). The number of rotatable bonds is 3. The summed E-state index contributed by atoms with van der Waals surface area (Å²) < 4.78 is 70.3. The Morgan fingerprint density at radius 3 is 2.25 bits per heavy atom. The van der Waals surface area contributed by atoms with Crippen molar-refractivity contribution in [2.75, 3.05) is 13.7 Å². The van der Waals surface area contributed by atoms with Crippen molar-refractivity contribution in [3.63, 3.8) is 0 Å². The molecule has 1 aromatic carbocycles. The molecule has 1 aliphatic rings. The molecule has 0 radical (unpaired) electrons. The van der Waals surface area contributed by atoms with Crippen molar-refractivity contribution in [1.29, 1.82) is 0 Å². The highest BCUT2D eigenvalue weighted by Gasteiger charge is 2.64. The smallest absolute Gasteiger partial charge is 0.316 e.